The molecule has 3 nitrogen and oxygen atoms in total. The number of allylic oxidation sites excluding steroid dienone is 1. The van der Waals surface area contributed by atoms with Gasteiger partial charge in [-0.1, -0.05) is 81.7 Å². The van der Waals surface area contributed by atoms with E-state index in [0.29, 0.717) is 0 Å². The minimum atomic E-state index is 0.725. The lowest BCUT2D eigenvalue weighted by atomic mass is 10.1. The molecule has 0 radical (unpaired) electrons. The predicted molar refractivity (Wildman–Crippen MR) is 150 cm³/mol. The monoisotopic (exact) mass is 441 g/mol. The van der Waals surface area contributed by atoms with E-state index < -0.39 is 0 Å². The van der Waals surface area contributed by atoms with Crippen molar-refractivity contribution >= 4 is 39.4 Å². The van der Waals surface area contributed by atoms with E-state index in [1.807, 2.05) is 76.4 Å². The second kappa shape index (κ2) is 14.6. The van der Waals surface area contributed by atoms with E-state index >= 15 is 0 Å². The number of fused-ring (bicyclic) bond motifs is 2. The Morgan fingerprint density at radius 2 is 1.48 bits per heavy atom. The van der Waals surface area contributed by atoms with Gasteiger partial charge in [-0.25, -0.2) is 4.98 Å². The average Bonchev–Trinajstić information content (AvgIpc) is 2.78. The van der Waals surface area contributed by atoms with Crippen molar-refractivity contribution in [2.24, 2.45) is 4.99 Å². The lowest BCUT2D eigenvalue weighted by Crippen LogP contribution is -1.87. The summed E-state index contributed by atoms with van der Waals surface area (Å²) in [5.74, 6) is 0. The Morgan fingerprint density at radius 1 is 0.909 bits per heavy atom. The molecule has 3 heteroatoms. The Balaban J connectivity index is 0.000000528. The first-order chi connectivity index (χ1) is 15.8. The van der Waals surface area contributed by atoms with Crippen molar-refractivity contribution in [3.05, 3.63) is 90.0 Å². The minimum Gasteiger partial charge on any atom is -0.399 e. The van der Waals surface area contributed by atoms with Crippen LogP contribution in [0.25, 0.3) is 21.8 Å². The Hall–Kier alpha value is -3.46. The highest BCUT2D eigenvalue weighted by Gasteiger charge is 2.01. The molecule has 2 N–H and O–H groups in total. The zero-order valence-electron chi connectivity index (χ0n) is 21.3. The zero-order chi connectivity index (χ0) is 24.8. The van der Waals surface area contributed by atoms with Gasteiger partial charge in [0.05, 0.1) is 16.7 Å². The fraction of sp³-hybridized carbons (Fsp3) is 0.267. The highest BCUT2D eigenvalue weighted by atomic mass is 14.7. The molecule has 4 aromatic rings. The molecule has 0 amide bonds. The van der Waals surface area contributed by atoms with Gasteiger partial charge in [-0.3, -0.25) is 4.99 Å². The summed E-state index contributed by atoms with van der Waals surface area (Å²) in [6.07, 6.45) is 3.13. The van der Waals surface area contributed by atoms with Gasteiger partial charge >= 0.3 is 0 Å². The number of aromatic nitrogens is 1. The SMILES string of the molecule is C=C(C)C.CC.CCC.Cc1cccc(C=Nc2ccc3cc4ccc(N)cc4nc3c2)c1. The van der Waals surface area contributed by atoms with Crippen LogP contribution in [0, 0.1) is 6.92 Å². The zero-order valence-corrected chi connectivity index (χ0v) is 21.3. The molecule has 1 aromatic heterocycles. The van der Waals surface area contributed by atoms with Crippen molar-refractivity contribution in [2.75, 3.05) is 5.73 Å². The summed E-state index contributed by atoms with van der Waals surface area (Å²) < 4.78 is 0. The van der Waals surface area contributed by atoms with E-state index in [0.717, 1.165) is 38.7 Å². The van der Waals surface area contributed by atoms with Crippen LogP contribution in [0.5, 0.6) is 0 Å². The van der Waals surface area contributed by atoms with Crippen LogP contribution in [0.15, 0.2) is 83.9 Å². The van der Waals surface area contributed by atoms with Crippen LogP contribution in [-0.2, 0) is 0 Å². The van der Waals surface area contributed by atoms with Gasteiger partial charge in [0.1, 0.15) is 0 Å². The number of nitrogens with two attached hydrogens (primary N) is 1. The normalized spacial score (nSPS) is 9.91. The van der Waals surface area contributed by atoms with Crippen LogP contribution in [-0.4, -0.2) is 11.2 Å². The maximum Gasteiger partial charge on any atom is 0.0731 e. The van der Waals surface area contributed by atoms with E-state index in [1.165, 1.54) is 17.6 Å². The molecule has 4 rings (SSSR count). The first-order valence-electron chi connectivity index (χ1n) is 11.6. The Kier molecular flexibility index (Phi) is 12.2. The summed E-state index contributed by atoms with van der Waals surface area (Å²) in [5, 5.41) is 2.19. The molecule has 0 aliphatic heterocycles. The maximum absolute atomic E-state index is 5.86. The highest BCUT2D eigenvalue weighted by molar-refractivity contribution is 5.95. The lowest BCUT2D eigenvalue weighted by Gasteiger charge is -2.03. The standard InChI is InChI=1S/C21H17N3.C4H8.C3H8.C2H6/c1-14-3-2-4-15(9-14)13-23-19-8-6-17-10-16-5-7-18(22)11-20(16)24-21(17)12-19;1-4(2)3;1-3-2;1-2/h2-13H,22H2,1H3;1H2,2-3H3;3H2,1-2H3;1-2H3. The Morgan fingerprint density at radius 3 is 2.09 bits per heavy atom. The van der Waals surface area contributed by atoms with E-state index in [2.05, 4.69) is 56.6 Å². The molecule has 0 spiro atoms. The van der Waals surface area contributed by atoms with E-state index in [1.54, 1.807) is 0 Å². The number of nitrogen functional groups attached to an aromatic ring is 1. The first-order valence-corrected chi connectivity index (χ1v) is 11.6. The van der Waals surface area contributed by atoms with Crippen LogP contribution in [0.3, 0.4) is 0 Å². The van der Waals surface area contributed by atoms with Gasteiger partial charge in [-0.2, -0.15) is 0 Å². The summed E-state index contributed by atoms with van der Waals surface area (Å²) in [6.45, 7) is 17.8. The molecular formula is C30H39N3. The topological polar surface area (TPSA) is 51.3 Å². The van der Waals surface area contributed by atoms with Crippen LogP contribution in [0.4, 0.5) is 11.4 Å². The van der Waals surface area contributed by atoms with Crippen LogP contribution < -0.4 is 5.73 Å². The number of hydrogen-bond donors (Lipinski definition) is 1. The number of pyridine rings is 1. The number of nitrogens with zero attached hydrogens (tertiary/aromatic N) is 2. The second-order valence-corrected chi connectivity index (χ2v) is 7.90. The van der Waals surface area contributed by atoms with Crippen LogP contribution in [0.2, 0.25) is 0 Å². The molecule has 0 aliphatic carbocycles. The molecule has 0 saturated heterocycles. The van der Waals surface area contributed by atoms with Gasteiger partial charge in [0, 0.05) is 22.7 Å². The van der Waals surface area contributed by atoms with Gasteiger partial charge in [0.2, 0.25) is 0 Å². The number of rotatable bonds is 2. The molecule has 0 unspecified atom stereocenters. The van der Waals surface area contributed by atoms with Crippen molar-refractivity contribution in [3.8, 4) is 0 Å². The summed E-state index contributed by atoms with van der Waals surface area (Å²) >= 11 is 0. The highest BCUT2D eigenvalue weighted by Crippen LogP contribution is 2.25. The number of aliphatic imine (C=N–C) groups is 1. The molecule has 3 aromatic carbocycles. The van der Waals surface area contributed by atoms with Gasteiger partial charge in [0.15, 0.2) is 0 Å². The second-order valence-electron chi connectivity index (χ2n) is 7.90. The fourth-order valence-electron chi connectivity index (χ4n) is 2.81. The van der Waals surface area contributed by atoms with Gasteiger partial charge in [-0.15, -0.1) is 6.58 Å². The first kappa shape index (κ1) is 27.6. The van der Waals surface area contributed by atoms with E-state index in [9.17, 15) is 0 Å². The molecule has 0 bridgehead atoms. The van der Waals surface area contributed by atoms with Gasteiger partial charge in [-0.05, 0) is 56.7 Å². The molecule has 0 fully saturated rings. The largest absolute Gasteiger partial charge is 0.399 e. The van der Waals surface area contributed by atoms with Crippen molar-refractivity contribution in [1.29, 1.82) is 0 Å². The van der Waals surface area contributed by atoms with Crippen LogP contribution >= 0.6 is 0 Å². The van der Waals surface area contributed by atoms with Crippen molar-refractivity contribution in [1.82, 2.24) is 4.98 Å². The van der Waals surface area contributed by atoms with Crippen molar-refractivity contribution in [3.63, 3.8) is 0 Å². The summed E-state index contributed by atoms with van der Waals surface area (Å²) in [5.41, 5.74) is 12.8. The number of hydrogen-bond acceptors (Lipinski definition) is 3. The quantitative estimate of drug-likeness (QED) is 0.146. The molecule has 1 heterocycles. The number of aryl methyl sites for hydroxylation is 1. The fourth-order valence-corrected chi connectivity index (χ4v) is 2.81. The molecular weight excluding hydrogens is 402 g/mol. The number of anilines is 1. The van der Waals surface area contributed by atoms with E-state index in [4.69, 9.17) is 10.7 Å². The van der Waals surface area contributed by atoms with E-state index in [-0.39, 0.29) is 0 Å². The average molecular weight is 442 g/mol. The third-order valence-corrected chi connectivity index (χ3v) is 4.03. The summed E-state index contributed by atoms with van der Waals surface area (Å²) in [4.78, 5) is 9.29. The smallest absolute Gasteiger partial charge is 0.0731 e. The summed E-state index contributed by atoms with van der Waals surface area (Å²) in [7, 11) is 0. The maximum atomic E-state index is 5.86. The molecule has 33 heavy (non-hydrogen) atoms. The summed E-state index contributed by atoms with van der Waals surface area (Å²) in [6, 6.07) is 22.3. The Bertz CT molecular complexity index is 1190. The van der Waals surface area contributed by atoms with Crippen molar-refractivity contribution < 1.29 is 0 Å². The minimum absolute atomic E-state index is 0.725. The number of benzene rings is 3. The van der Waals surface area contributed by atoms with Gasteiger partial charge in [0.25, 0.3) is 0 Å². The molecule has 0 saturated carbocycles. The lowest BCUT2D eigenvalue weighted by molar-refractivity contribution is 1.09. The third-order valence-electron chi connectivity index (χ3n) is 4.03. The van der Waals surface area contributed by atoms with Gasteiger partial charge < -0.3 is 5.73 Å². The molecule has 0 aliphatic rings. The Labute approximate surface area is 200 Å². The predicted octanol–water partition coefficient (Wildman–Crippen LogP) is 9.05. The third kappa shape index (κ3) is 9.69. The van der Waals surface area contributed by atoms with Crippen molar-refractivity contribution in [2.45, 2.75) is 54.9 Å². The molecule has 174 valence electrons. The molecule has 0 atom stereocenters. The van der Waals surface area contributed by atoms with Crippen LogP contribution in [0.1, 0.15) is 59.1 Å².